The van der Waals surface area contributed by atoms with Gasteiger partial charge in [-0.1, -0.05) is 12.1 Å². The normalized spacial score (nSPS) is 14.5. The molecule has 0 bridgehead atoms. The number of aromatic nitrogens is 1. The maximum atomic E-state index is 12.4. The summed E-state index contributed by atoms with van der Waals surface area (Å²) in [5.74, 6) is 0.383. The largest absolute Gasteiger partial charge is 0.474 e. The summed E-state index contributed by atoms with van der Waals surface area (Å²) in [5, 5.41) is 5.61. The van der Waals surface area contributed by atoms with E-state index in [4.69, 9.17) is 4.74 Å². The number of carbonyl (C=O) groups is 2. The van der Waals surface area contributed by atoms with Gasteiger partial charge in [-0.15, -0.1) is 0 Å². The van der Waals surface area contributed by atoms with Crippen LogP contribution in [0.3, 0.4) is 0 Å². The molecule has 1 saturated heterocycles. The Hall–Kier alpha value is -3.09. The molecule has 0 radical (unpaired) electrons. The van der Waals surface area contributed by atoms with E-state index in [2.05, 4.69) is 15.6 Å². The van der Waals surface area contributed by atoms with Crippen molar-refractivity contribution in [2.75, 3.05) is 23.7 Å². The maximum Gasteiger partial charge on any atom is 0.321 e. The third kappa shape index (κ3) is 5.44. The summed E-state index contributed by atoms with van der Waals surface area (Å²) in [7, 11) is 0. The van der Waals surface area contributed by atoms with Gasteiger partial charge in [-0.2, -0.15) is 0 Å². The van der Waals surface area contributed by atoms with Crippen LogP contribution in [0.4, 0.5) is 16.2 Å². The summed E-state index contributed by atoms with van der Waals surface area (Å²) in [6.07, 6.45) is 3.08. The number of ether oxygens (including phenoxy) is 1. The van der Waals surface area contributed by atoms with Crippen molar-refractivity contribution in [3.63, 3.8) is 0 Å². The predicted molar refractivity (Wildman–Crippen MR) is 104 cm³/mol. The molecule has 3 amide bonds. The Labute approximate surface area is 158 Å². The monoisotopic (exact) mass is 368 g/mol. The first-order valence-corrected chi connectivity index (χ1v) is 9.02. The van der Waals surface area contributed by atoms with Crippen LogP contribution >= 0.6 is 0 Å². The van der Waals surface area contributed by atoms with Crippen LogP contribution in [-0.2, 0) is 4.79 Å². The molecule has 142 valence electrons. The molecule has 2 heterocycles. The van der Waals surface area contributed by atoms with Gasteiger partial charge in [0, 0.05) is 44.6 Å². The molecule has 0 atom stereocenters. The van der Waals surface area contributed by atoms with Crippen molar-refractivity contribution in [1.82, 2.24) is 9.88 Å². The zero-order valence-corrected chi connectivity index (χ0v) is 15.6. The van der Waals surface area contributed by atoms with E-state index in [1.807, 2.05) is 31.2 Å². The van der Waals surface area contributed by atoms with E-state index >= 15 is 0 Å². The summed E-state index contributed by atoms with van der Waals surface area (Å²) in [4.78, 5) is 29.4. The number of amides is 3. The minimum atomic E-state index is -0.137. The third-order valence-corrected chi connectivity index (χ3v) is 4.34. The second kappa shape index (κ2) is 8.53. The van der Waals surface area contributed by atoms with Gasteiger partial charge < -0.3 is 20.3 Å². The predicted octanol–water partition coefficient (Wildman–Crippen LogP) is 3.42. The van der Waals surface area contributed by atoms with Gasteiger partial charge in [0.2, 0.25) is 11.8 Å². The standard InChI is InChI=1S/C20H24N4O3/c1-14-4-3-5-16(12-14)23-20(26)24-10-8-18(9-11-24)27-19-7-6-17(13-21-19)22-15(2)25/h3-7,12-13,18H,8-11H2,1-2H3,(H,22,25)(H,23,26). The second-order valence-corrected chi connectivity index (χ2v) is 6.67. The lowest BCUT2D eigenvalue weighted by molar-refractivity contribution is -0.114. The van der Waals surface area contributed by atoms with Gasteiger partial charge in [-0.25, -0.2) is 9.78 Å². The number of carbonyl (C=O) groups excluding carboxylic acids is 2. The van der Waals surface area contributed by atoms with Crippen LogP contribution < -0.4 is 15.4 Å². The summed E-state index contributed by atoms with van der Waals surface area (Å²) >= 11 is 0. The Bertz CT molecular complexity index is 799. The number of hydrogen-bond donors (Lipinski definition) is 2. The highest BCUT2D eigenvalue weighted by Crippen LogP contribution is 2.19. The molecule has 1 fully saturated rings. The van der Waals surface area contributed by atoms with E-state index in [1.54, 1.807) is 23.2 Å². The quantitative estimate of drug-likeness (QED) is 0.866. The van der Waals surface area contributed by atoms with E-state index in [0.717, 1.165) is 24.1 Å². The van der Waals surface area contributed by atoms with Gasteiger partial charge in [0.15, 0.2) is 0 Å². The third-order valence-electron chi connectivity index (χ3n) is 4.34. The molecule has 0 aliphatic carbocycles. The molecule has 1 aliphatic rings. The van der Waals surface area contributed by atoms with Crippen molar-refractivity contribution in [2.45, 2.75) is 32.8 Å². The molecule has 2 aromatic rings. The van der Waals surface area contributed by atoms with Crippen molar-refractivity contribution in [3.8, 4) is 5.88 Å². The van der Waals surface area contributed by atoms with Crippen LogP contribution in [0.1, 0.15) is 25.3 Å². The Kier molecular flexibility index (Phi) is 5.90. The lowest BCUT2D eigenvalue weighted by atomic mass is 10.1. The summed E-state index contributed by atoms with van der Waals surface area (Å²) in [5.41, 5.74) is 2.55. The van der Waals surface area contributed by atoms with E-state index in [-0.39, 0.29) is 18.0 Å². The second-order valence-electron chi connectivity index (χ2n) is 6.67. The van der Waals surface area contributed by atoms with Crippen molar-refractivity contribution in [3.05, 3.63) is 48.2 Å². The van der Waals surface area contributed by atoms with E-state index in [9.17, 15) is 9.59 Å². The summed E-state index contributed by atoms with van der Waals surface area (Å²) in [6.45, 7) is 4.71. The average Bonchev–Trinajstić information content (AvgIpc) is 2.63. The smallest absolute Gasteiger partial charge is 0.321 e. The number of anilines is 2. The minimum absolute atomic E-state index is 0.0205. The SMILES string of the molecule is CC(=O)Nc1ccc(OC2CCN(C(=O)Nc3cccc(C)c3)CC2)nc1. The molecule has 1 aromatic heterocycles. The fraction of sp³-hybridized carbons (Fsp3) is 0.350. The zero-order valence-electron chi connectivity index (χ0n) is 15.6. The Balaban J connectivity index is 1.47. The molecule has 1 aliphatic heterocycles. The van der Waals surface area contributed by atoms with Crippen molar-refractivity contribution in [1.29, 1.82) is 0 Å². The van der Waals surface area contributed by atoms with E-state index in [1.165, 1.54) is 6.92 Å². The number of likely N-dealkylation sites (tertiary alicyclic amines) is 1. The van der Waals surface area contributed by atoms with Gasteiger partial charge in [-0.05, 0) is 30.7 Å². The van der Waals surface area contributed by atoms with E-state index in [0.29, 0.717) is 24.7 Å². The number of pyridine rings is 1. The van der Waals surface area contributed by atoms with Crippen LogP contribution in [0.5, 0.6) is 5.88 Å². The minimum Gasteiger partial charge on any atom is -0.474 e. The number of benzene rings is 1. The molecule has 7 nitrogen and oxygen atoms in total. The van der Waals surface area contributed by atoms with Crippen LogP contribution in [0.25, 0.3) is 0 Å². The lowest BCUT2D eigenvalue weighted by Gasteiger charge is -2.32. The maximum absolute atomic E-state index is 12.4. The molecule has 0 saturated carbocycles. The van der Waals surface area contributed by atoms with Gasteiger partial charge >= 0.3 is 6.03 Å². The Morgan fingerprint density at radius 3 is 2.52 bits per heavy atom. The molecule has 0 unspecified atom stereocenters. The van der Waals surface area contributed by atoms with Crippen LogP contribution in [0.2, 0.25) is 0 Å². The number of aryl methyl sites for hydroxylation is 1. The lowest BCUT2D eigenvalue weighted by Crippen LogP contribution is -2.43. The van der Waals surface area contributed by atoms with E-state index < -0.39 is 0 Å². The Morgan fingerprint density at radius 2 is 1.89 bits per heavy atom. The summed E-state index contributed by atoms with van der Waals surface area (Å²) in [6, 6.07) is 11.2. The first-order valence-electron chi connectivity index (χ1n) is 9.02. The fourth-order valence-corrected chi connectivity index (χ4v) is 3.00. The van der Waals surface area contributed by atoms with Gasteiger partial charge in [-0.3, -0.25) is 4.79 Å². The highest BCUT2D eigenvalue weighted by molar-refractivity contribution is 5.89. The molecule has 0 spiro atoms. The number of nitrogens with zero attached hydrogens (tertiary/aromatic N) is 2. The highest BCUT2D eigenvalue weighted by Gasteiger charge is 2.24. The van der Waals surface area contributed by atoms with Gasteiger partial charge in [0.1, 0.15) is 6.10 Å². The highest BCUT2D eigenvalue weighted by atomic mass is 16.5. The molecule has 7 heteroatoms. The topological polar surface area (TPSA) is 83.6 Å². The molecule has 3 rings (SSSR count). The number of rotatable bonds is 4. The number of nitrogens with one attached hydrogen (secondary N) is 2. The van der Waals surface area contributed by atoms with Crippen molar-refractivity contribution in [2.24, 2.45) is 0 Å². The number of hydrogen-bond acceptors (Lipinski definition) is 4. The number of piperidine rings is 1. The summed E-state index contributed by atoms with van der Waals surface area (Å²) < 4.78 is 5.90. The first kappa shape index (κ1) is 18.7. The molecule has 1 aromatic carbocycles. The first-order chi connectivity index (χ1) is 13.0. The molecule has 2 N–H and O–H groups in total. The van der Waals surface area contributed by atoms with Gasteiger partial charge in [0.25, 0.3) is 0 Å². The molecular weight excluding hydrogens is 344 g/mol. The zero-order chi connectivity index (χ0) is 19.2. The fourth-order valence-electron chi connectivity index (χ4n) is 3.00. The Morgan fingerprint density at radius 1 is 1.11 bits per heavy atom. The molecular formula is C20H24N4O3. The van der Waals surface area contributed by atoms with Gasteiger partial charge in [0.05, 0.1) is 11.9 Å². The van der Waals surface area contributed by atoms with Crippen LogP contribution in [-0.4, -0.2) is 41.0 Å². The van der Waals surface area contributed by atoms with Crippen molar-refractivity contribution < 1.29 is 14.3 Å². The molecule has 27 heavy (non-hydrogen) atoms. The van der Waals surface area contributed by atoms with Crippen molar-refractivity contribution >= 4 is 23.3 Å². The van der Waals surface area contributed by atoms with Crippen LogP contribution in [0.15, 0.2) is 42.6 Å². The van der Waals surface area contributed by atoms with Crippen LogP contribution in [0, 0.1) is 6.92 Å². The number of urea groups is 1. The average molecular weight is 368 g/mol.